The number of nitrogens with zero attached hydrogens (tertiary/aromatic N) is 1. The summed E-state index contributed by atoms with van der Waals surface area (Å²) in [6, 6.07) is 3.79. The van der Waals surface area contributed by atoms with Crippen LogP contribution in [0.5, 0.6) is 11.5 Å². The number of benzene rings is 1. The second kappa shape index (κ2) is 11.6. The second-order valence-electron chi connectivity index (χ2n) is 9.83. The van der Waals surface area contributed by atoms with E-state index >= 15 is 0 Å². The van der Waals surface area contributed by atoms with E-state index in [1.165, 1.54) is 16.0 Å². The molecule has 0 saturated carbocycles. The number of halogens is 1. The van der Waals surface area contributed by atoms with Crippen molar-refractivity contribution in [2.75, 3.05) is 34.0 Å². The zero-order chi connectivity index (χ0) is 26.0. The molecule has 4 atom stereocenters. The number of fused-ring (bicyclic) bond motifs is 3. The molecule has 2 amide bonds. The lowest BCUT2D eigenvalue weighted by Crippen LogP contribution is -2.35. The van der Waals surface area contributed by atoms with E-state index in [9.17, 15) is 14.7 Å². The summed E-state index contributed by atoms with van der Waals surface area (Å²) in [5, 5.41) is 10.2. The molecule has 1 aromatic rings. The van der Waals surface area contributed by atoms with Gasteiger partial charge >= 0.3 is 0 Å². The first kappa shape index (κ1) is 27.1. The number of likely N-dealkylation sites (tertiary alicyclic amines) is 1. The normalized spacial score (nSPS) is 26.0. The number of allylic oxidation sites excluding steroid dienone is 1. The molecular formula is C28H36INO6. The maximum absolute atomic E-state index is 13.2. The average molecular weight is 610 g/mol. The molecule has 1 aliphatic carbocycles. The van der Waals surface area contributed by atoms with Crippen molar-refractivity contribution in [3.05, 3.63) is 38.0 Å². The van der Waals surface area contributed by atoms with E-state index in [-0.39, 0.29) is 41.4 Å². The van der Waals surface area contributed by atoms with Gasteiger partial charge in [0.25, 0.3) is 0 Å². The summed E-state index contributed by atoms with van der Waals surface area (Å²) in [5.74, 6) is -0.0814. The van der Waals surface area contributed by atoms with Crippen LogP contribution in [0.4, 0.5) is 0 Å². The Morgan fingerprint density at radius 3 is 2.67 bits per heavy atom. The Hall–Kier alpha value is -1.91. The van der Waals surface area contributed by atoms with Crippen LogP contribution in [0.3, 0.4) is 0 Å². The topological polar surface area (TPSA) is 85.3 Å². The average Bonchev–Trinajstić information content (AvgIpc) is 3.39. The van der Waals surface area contributed by atoms with Crippen LogP contribution in [0.25, 0.3) is 6.08 Å². The standard InChI is InChI=1S/C28H36INO6/c1-5-9-30-27(32)19-13-18(14-34-3)24-20(25(19)28(30)33)15-36-22(24)8-7-16(6-2)10-17-11-21(29)26(31)23(12-17)35-4/h10-12,19-20,22,25,31H,5-9,13-15H2,1-4H3/b16-10+/t19-,20+,22-,25-/m1/s1. The van der Waals surface area contributed by atoms with E-state index in [4.69, 9.17) is 14.2 Å². The monoisotopic (exact) mass is 609 g/mol. The molecule has 196 valence electrons. The maximum atomic E-state index is 13.2. The number of hydrogen-bond acceptors (Lipinski definition) is 6. The number of aromatic hydroxyl groups is 1. The van der Waals surface area contributed by atoms with Crippen molar-refractivity contribution in [1.82, 2.24) is 4.90 Å². The molecule has 0 aromatic heterocycles. The molecule has 1 N–H and O–H groups in total. The van der Waals surface area contributed by atoms with Crippen molar-refractivity contribution in [2.45, 2.75) is 52.1 Å². The first-order valence-electron chi connectivity index (χ1n) is 12.8. The van der Waals surface area contributed by atoms with E-state index in [0.29, 0.717) is 31.9 Å². The van der Waals surface area contributed by atoms with Crippen molar-refractivity contribution in [1.29, 1.82) is 0 Å². The summed E-state index contributed by atoms with van der Waals surface area (Å²) >= 11 is 2.11. The number of methoxy groups -OCH3 is 2. The third kappa shape index (κ3) is 5.09. The van der Waals surface area contributed by atoms with Gasteiger partial charge in [0.2, 0.25) is 11.8 Å². The fraction of sp³-hybridized carbons (Fsp3) is 0.571. The molecule has 2 fully saturated rings. The summed E-state index contributed by atoms with van der Waals surface area (Å²) in [5.41, 5.74) is 4.58. The Morgan fingerprint density at radius 1 is 1.22 bits per heavy atom. The fourth-order valence-corrected chi connectivity index (χ4v) is 6.65. The van der Waals surface area contributed by atoms with Crippen LogP contribution >= 0.6 is 22.6 Å². The Morgan fingerprint density at radius 2 is 2.00 bits per heavy atom. The summed E-state index contributed by atoms with van der Waals surface area (Å²) in [4.78, 5) is 27.8. The molecule has 7 nitrogen and oxygen atoms in total. The first-order chi connectivity index (χ1) is 17.3. The van der Waals surface area contributed by atoms with Crippen molar-refractivity contribution in [2.24, 2.45) is 17.8 Å². The van der Waals surface area contributed by atoms with Gasteiger partial charge in [0.15, 0.2) is 11.5 Å². The number of amides is 2. The van der Waals surface area contributed by atoms with E-state index in [2.05, 4.69) is 35.6 Å². The molecule has 2 saturated heterocycles. The molecule has 36 heavy (non-hydrogen) atoms. The van der Waals surface area contributed by atoms with Crippen LogP contribution in [-0.4, -0.2) is 61.9 Å². The largest absolute Gasteiger partial charge is 0.504 e. The number of imide groups is 1. The predicted molar refractivity (Wildman–Crippen MR) is 146 cm³/mol. The molecule has 1 aromatic carbocycles. The third-order valence-corrected chi connectivity index (χ3v) is 8.51. The fourth-order valence-electron chi connectivity index (χ4n) is 6.02. The first-order valence-corrected chi connectivity index (χ1v) is 13.9. The van der Waals surface area contributed by atoms with Crippen LogP contribution in [-0.2, 0) is 19.1 Å². The van der Waals surface area contributed by atoms with Gasteiger partial charge in [0.05, 0.1) is 41.8 Å². The minimum absolute atomic E-state index is 0.0277. The number of ether oxygens (including phenoxy) is 3. The molecule has 3 aliphatic rings. The molecular weight excluding hydrogens is 573 g/mol. The van der Waals surface area contributed by atoms with Crippen molar-refractivity contribution in [3.63, 3.8) is 0 Å². The van der Waals surface area contributed by atoms with Gasteiger partial charge in [0.1, 0.15) is 0 Å². The number of phenolic OH excluding ortho intramolecular Hbond substituents is 1. The quantitative estimate of drug-likeness (QED) is 0.230. The van der Waals surface area contributed by atoms with E-state index in [0.717, 1.165) is 40.4 Å². The van der Waals surface area contributed by atoms with E-state index < -0.39 is 0 Å². The van der Waals surface area contributed by atoms with Crippen LogP contribution in [0, 0.1) is 21.3 Å². The number of carbonyl (C=O) groups is 2. The Bertz CT molecular complexity index is 1080. The highest BCUT2D eigenvalue weighted by molar-refractivity contribution is 14.1. The van der Waals surface area contributed by atoms with Gasteiger partial charge in [-0.1, -0.05) is 25.5 Å². The van der Waals surface area contributed by atoms with Crippen LogP contribution in [0.15, 0.2) is 28.9 Å². The molecule has 0 spiro atoms. The Balaban J connectivity index is 1.55. The Kier molecular flexibility index (Phi) is 8.78. The number of phenols is 1. The zero-order valence-electron chi connectivity index (χ0n) is 21.5. The SMILES string of the molecule is CCCN1C(=O)[C@@H]2[C@@H](CC(COC)=C3[C@@H](CC/C(=C/c4cc(I)c(O)c(OC)c4)CC)OC[C@@H]32)C1=O. The lowest BCUT2D eigenvalue weighted by Gasteiger charge is -2.31. The highest BCUT2D eigenvalue weighted by Crippen LogP contribution is 2.50. The van der Waals surface area contributed by atoms with E-state index in [1.807, 2.05) is 19.1 Å². The van der Waals surface area contributed by atoms with Gasteiger partial charge in [-0.2, -0.15) is 0 Å². The smallest absolute Gasteiger partial charge is 0.233 e. The highest BCUT2D eigenvalue weighted by atomic mass is 127. The lowest BCUT2D eigenvalue weighted by atomic mass is 9.69. The zero-order valence-corrected chi connectivity index (χ0v) is 23.7. The Labute approximate surface area is 227 Å². The molecule has 2 heterocycles. The van der Waals surface area contributed by atoms with Gasteiger partial charge in [-0.3, -0.25) is 14.5 Å². The van der Waals surface area contributed by atoms with Crippen LogP contribution in [0.1, 0.15) is 51.5 Å². The summed E-state index contributed by atoms with van der Waals surface area (Å²) in [6.45, 7) is 5.56. The van der Waals surface area contributed by atoms with Crippen LogP contribution in [0.2, 0.25) is 0 Å². The third-order valence-electron chi connectivity index (χ3n) is 7.69. The highest BCUT2D eigenvalue weighted by Gasteiger charge is 2.56. The van der Waals surface area contributed by atoms with Gasteiger partial charge in [-0.15, -0.1) is 0 Å². The summed E-state index contributed by atoms with van der Waals surface area (Å²) in [6.07, 6.45) is 5.97. The maximum Gasteiger partial charge on any atom is 0.233 e. The van der Waals surface area contributed by atoms with Crippen molar-refractivity contribution < 1.29 is 28.9 Å². The van der Waals surface area contributed by atoms with Crippen molar-refractivity contribution in [3.8, 4) is 11.5 Å². The van der Waals surface area contributed by atoms with Gasteiger partial charge in [-0.05, 0) is 83.5 Å². The van der Waals surface area contributed by atoms with Crippen molar-refractivity contribution >= 4 is 40.5 Å². The number of carbonyl (C=O) groups excluding carboxylic acids is 2. The van der Waals surface area contributed by atoms with Gasteiger partial charge < -0.3 is 19.3 Å². The summed E-state index contributed by atoms with van der Waals surface area (Å²) < 4.78 is 17.9. The van der Waals surface area contributed by atoms with Gasteiger partial charge in [0, 0.05) is 19.6 Å². The van der Waals surface area contributed by atoms with E-state index in [1.54, 1.807) is 14.2 Å². The predicted octanol–water partition coefficient (Wildman–Crippen LogP) is 4.95. The number of hydrogen-bond donors (Lipinski definition) is 1. The molecule has 0 radical (unpaired) electrons. The lowest BCUT2D eigenvalue weighted by molar-refractivity contribution is -0.140. The second-order valence-corrected chi connectivity index (χ2v) is 11.0. The molecule has 4 rings (SSSR count). The van der Waals surface area contributed by atoms with Gasteiger partial charge in [-0.25, -0.2) is 0 Å². The number of rotatable bonds is 10. The summed E-state index contributed by atoms with van der Waals surface area (Å²) in [7, 11) is 3.23. The molecule has 0 bridgehead atoms. The minimum Gasteiger partial charge on any atom is -0.504 e. The molecule has 8 heteroatoms. The van der Waals surface area contributed by atoms with Crippen LogP contribution < -0.4 is 4.74 Å². The molecule has 2 aliphatic heterocycles. The molecule has 0 unspecified atom stereocenters. The minimum atomic E-state index is -0.308.